The zero-order valence-electron chi connectivity index (χ0n) is 10.5. The number of fused-ring (bicyclic) bond motifs is 1. The number of hydrogen-bond donors (Lipinski definition) is 1. The maximum atomic E-state index is 11.0. The Balaban J connectivity index is 2.46. The van der Waals surface area contributed by atoms with Crippen LogP contribution in [0.15, 0.2) is 29.4 Å². The molecule has 0 aliphatic rings. The summed E-state index contributed by atoms with van der Waals surface area (Å²) in [6, 6.07) is 7.64. The highest BCUT2D eigenvalue weighted by Gasteiger charge is 2.15. The van der Waals surface area contributed by atoms with E-state index in [1.54, 1.807) is 16.3 Å². The predicted octanol–water partition coefficient (Wildman–Crippen LogP) is 3.01. The van der Waals surface area contributed by atoms with Crippen LogP contribution in [0.5, 0.6) is 0 Å². The van der Waals surface area contributed by atoms with Crippen molar-refractivity contribution in [2.45, 2.75) is 37.2 Å². The molecule has 0 saturated heterocycles. The monoisotopic (exact) mass is 264 g/mol. The number of benzene rings is 1. The van der Waals surface area contributed by atoms with Crippen LogP contribution in [0.1, 0.15) is 20.3 Å². The molecule has 1 aromatic heterocycles. The quantitative estimate of drug-likeness (QED) is 0.843. The van der Waals surface area contributed by atoms with Crippen molar-refractivity contribution in [3.05, 3.63) is 24.3 Å². The van der Waals surface area contributed by atoms with E-state index in [9.17, 15) is 4.79 Å². The summed E-state index contributed by atoms with van der Waals surface area (Å²) in [5, 5.41) is 10.2. The molecule has 0 aliphatic carbocycles. The van der Waals surface area contributed by atoms with Crippen LogP contribution in [0.25, 0.3) is 11.0 Å². The zero-order valence-corrected chi connectivity index (χ0v) is 11.3. The molecule has 0 amide bonds. The van der Waals surface area contributed by atoms with Crippen LogP contribution in [0.2, 0.25) is 0 Å². The van der Waals surface area contributed by atoms with Crippen molar-refractivity contribution in [2.75, 3.05) is 0 Å². The number of carboxylic acid groups (broad SMARTS) is 1. The molecule has 18 heavy (non-hydrogen) atoms. The topological polar surface area (TPSA) is 55.1 Å². The van der Waals surface area contributed by atoms with Crippen LogP contribution in [0.4, 0.5) is 0 Å². The van der Waals surface area contributed by atoms with Gasteiger partial charge in [-0.05, 0) is 18.6 Å². The van der Waals surface area contributed by atoms with Gasteiger partial charge >= 0.3 is 5.97 Å². The molecule has 0 spiro atoms. The number of carbonyl (C=O) groups is 1. The summed E-state index contributed by atoms with van der Waals surface area (Å²) in [5.74, 6) is -0.843. The Kier molecular flexibility index (Phi) is 3.91. The van der Waals surface area contributed by atoms with Crippen molar-refractivity contribution in [2.24, 2.45) is 0 Å². The molecule has 96 valence electrons. The number of carboxylic acids is 1. The van der Waals surface area contributed by atoms with Gasteiger partial charge in [0.05, 0.1) is 11.0 Å². The standard InChI is InChI=1S/C13H16N2O2S/c1-3-9(2)18-13-14-10-6-4-5-7-11(10)15(13)8-12(16)17/h4-7,9H,3,8H2,1-2H3,(H,16,17)/t9-/m0/s1. The SMILES string of the molecule is CC[C@H](C)Sc1nc2ccccc2n1CC(=O)O. The van der Waals surface area contributed by atoms with Crippen molar-refractivity contribution in [1.82, 2.24) is 9.55 Å². The van der Waals surface area contributed by atoms with E-state index < -0.39 is 5.97 Å². The van der Waals surface area contributed by atoms with Gasteiger partial charge in [-0.2, -0.15) is 0 Å². The largest absolute Gasteiger partial charge is 0.480 e. The third-order valence-corrected chi connectivity index (χ3v) is 4.05. The highest BCUT2D eigenvalue weighted by molar-refractivity contribution is 7.99. The van der Waals surface area contributed by atoms with E-state index in [0.29, 0.717) is 5.25 Å². The van der Waals surface area contributed by atoms with Gasteiger partial charge in [-0.15, -0.1) is 0 Å². The Hall–Kier alpha value is -1.49. The summed E-state index contributed by atoms with van der Waals surface area (Å²) in [6.07, 6.45) is 1.03. The molecule has 4 nitrogen and oxygen atoms in total. The number of imidazole rings is 1. The molecular weight excluding hydrogens is 248 g/mol. The van der Waals surface area contributed by atoms with E-state index in [-0.39, 0.29) is 6.54 Å². The summed E-state index contributed by atoms with van der Waals surface area (Å²) in [7, 11) is 0. The first kappa shape index (κ1) is 13.0. The average Bonchev–Trinajstić information content (AvgIpc) is 2.67. The van der Waals surface area contributed by atoms with Crippen molar-refractivity contribution < 1.29 is 9.90 Å². The minimum absolute atomic E-state index is 0.0424. The lowest BCUT2D eigenvalue weighted by Crippen LogP contribution is -2.10. The van der Waals surface area contributed by atoms with E-state index in [0.717, 1.165) is 22.6 Å². The molecule has 0 aliphatic heterocycles. The van der Waals surface area contributed by atoms with Crippen LogP contribution in [0, 0.1) is 0 Å². The summed E-state index contributed by atoms with van der Waals surface area (Å²) in [5.41, 5.74) is 1.73. The molecule has 0 unspecified atom stereocenters. The third kappa shape index (κ3) is 2.67. The lowest BCUT2D eigenvalue weighted by atomic mass is 10.3. The number of aromatic nitrogens is 2. The number of rotatable bonds is 5. The van der Waals surface area contributed by atoms with Gasteiger partial charge in [0.1, 0.15) is 6.54 Å². The Labute approximate surface area is 110 Å². The molecule has 1 aromatic carbocycles. The number of nitrogens with zero attached hydrogens (tertiary/aromatic N) is 2. The van der Waals surface area contributed by atoms with Gasteiger partial charge in [-0.1, -0.05) is 37.7 Å². The van der Waals surface area contributed by atoms with Gasteiger partial charge in [0, 0.05) is 5.25 Å². The van der Waals surface area contributed by atoms with Crippen LogP contribution in [0.3, 0.4) is 0 Å². The highest BCUT2D eigenvalue weighted by atomic mass is 32.2. The first-order valence-corrected chi connectivity index (χ1v) is 6.83. The summed E-state index contributed by atoms with van der Waals surface area (Å²) in [6.45, 7) is 4.19. The van der Waals surface area contributed by atoms with Gasteiger partial charge in [-0.25, -0.2) is 4.98 Å². The van der Waals surface area contributed by atoms with E-state index in [4.69, 9.17) is 5.11 Å². The molecule has 1 atom stereocenters. The fraction of sp³-hybridized carbons (Fsp3) is 0.385. The molecule has 1 N–H and O–H groups in total. The molecule has 1 heterocycles. The molecular formula is C13H16N2O2S. The second-order valence-electron chi connectivity index (χ2n) is 4.20. The molecule has 0 fully saturated rings. The van der Waals surface area contributed by atoms with Crippen molar-refractivity contribution in [3.8, 4) is 0 Å². The van der Waals surface area contributed by atoms with Crippen LogP contribution >= 0.6 is 11.8 Å². The average molecular weight is 264 g/mol. The van der Waals surface area contributed by atoms with Gasteiger partial charge in [0.15, 0.2) is 5.16 Å². The molecule has 0 bridgehead atoms. The van der Waals surface area contributed by atoms with E-state index >= 15 is 0 Å². The first-order chi connectivity index (χ1) is 8.61. The van der Waals surface area contributed by atoms with Gasteiger partial charge in [-0.3, -0.25) is 4.79 Å². The van der Waals surface area contributed by atoms with Gasteiger partial charge in [0.25, 0.3) is 0 Å². The molecule has 0 saturated carbocycles. The molecule has 5 heteroatoms. The Morgan fingerprint density at radius 2 is 2.22 bits per heavy atom. The highest BCUT2D eigenvalue weighted by Crippen LogP contribution is 2.28. The fourth-order valence-electron chi connectivity index (χ4n) is 1.69. The first-order valence-electron chi connectivity index (χ1n) is 5.95. The summed E-state index contributed by atoms with van der Waals surface area (Å²) in [4.78, 5) is 15.5. The van der Waals surface area contributed by atoms with Crippen LogP contribution in [-0.4, -0.2) is 25.9 Å². The van der Waals surface area contributed by atoms with Crippen molar-refractivity contribution in [3.63, 3.8) is 0 Å². The fourth-order valence-corrected chi connectivity index (χ4v) is 2.66. The van der Waals surface area contributed by atoms with E-state index in [1.807, 2.05) is 24.3 Å². The van der Waals surface area contributed by atoms with Gasteiger partial charge < -0.3 is 9.67 Å². The Bertz CT molecular complexity index is 565. The van der Waals surface area contributed by atoms with Crippen LogP contribution < -0.4 is 0 Å². The predicted molar refractivity (Wildman–Crippen MR) is 73.0 cm³/mol. The normalized spacial score (nSPS) is 12.8. The maximum absolute atomic E-state index is 11.0. The number of hydrogen-bond acceptors (Lipinski definition) is 3. The second kappa shape index (κ2) is 5.44. The second-order valence-corrected chi connectivity index (χ2v) is 5.61. The lowest BCUT2D eigenvalue weighted by Gasteiger charge is -2.09. The smallest absolute Gasteiger partial charge is 0.323 e. The van der Waals surface area contributed by atoms with E-state index in [2.05, 4.69) is 18.8 Å². The number of thioether (sulfide) groups is 1. The molecule has 0 radical (unpaired) electrons. The van der Waals surface area contributed by atoms with Crippen LogP contribution in [-0.2, 0) is 11.3 Å². The lowest BCUT2D eigenvalue weighted by molar-refractivity contribution is -0.137. The number of para-hydroxylation sites is 2. The summed E-state index contributed by atoms with van der Waals surface area (Å²) < 4.78 is 1.77. The zero-order chi connectivity index (χ0) is 13.1. The van der Waals surface area contributed by atoms with Gasteiger partial charge in [0.2, 0.25) is 0 Å². The minimum Gasteiger partial charge on any atom is -0.480 e. The number of aliphatic carboxylic acids is 1. The summed E-state index contributed by atoms with van der Waals surface area (Å²) >= 11 is 1.63. The van der Waals surface area contributed by atoms with Crippen molar-refractivity contribution in [1.29, 1.82) is 0 Å². The molecule has 2 rings (SSSR count). The Morgan fingerprint density at radius 3 is 2.89 bits per heavy atom. The molecule has 2 aromatic rings. The van der Waals surface area contributed by atoms with Crippen molar-refractivity contribution >= 4 is 28.8 Å². The van der Waals surface area contributed by atoms with E-state index in [1.165, 1.54) is 0 Å². The maximum Gasteiger partial charge on any atom is 0.323 e. The third-order valence-electron chi connectivity index (χ3n) is 2.79. The minimum atomic E-state index is -0.843. The Morgan fingerprint density at radius 1 is 1.50 bits per heavy atom.